The van der Waals surface area contributed by atoms with Gasteiger partial charge in [0.2, 0.25) is 0 Å². The van der Waals surface area contributed by atoms with E-state index in [9.17, 15) is 0 Å². The Morgan fingerprint density at radius 2 is 1.75 bits per heavy atom. The summed E-state index contributed by atoms with van der Waals surface area (Å²) in [5.74, 6) is 0.321. The minimum Gasteiger partial charge on any atom is -0.390 e. The van der Waals surface area contributed by atoms with E-state index in [4.69, 9.17) is 0 Å². The number of aryl methyl sites for hydroxylation is 1. The van der Waals surface area contributed by atoms with Crippen LogP contribution in [0.25, 0.3) is 0 Å². The van der Waals surface area contributed by atoms with Crippen molar-refractivity contribution in [3.05, 3.63) is 73.2 Å². The molecule has 28 heavy (non-hydrogen) atoms. The molecule has 0 aliphatic heterocycles. The first-order valence-corrected chi connectivity index (χ1v) is 10.3. The average Bonchev–Trinajstić information content (AvgIpc) is 2.67. The van der Waals surface area contributed by atoms with Gasteiger partial charge < -0.3 is 15.5 Å². The van der Waals surface area contributed by atoms with E-state index in [1.807, 2.05) is 13.2 Å². The van der Waals surface area contributed by atoms with Crippen molar-refractivity contribution < 1.29 is 0 Å². The summed E-state index contributed by atoms with van der Waals surface area (Å²) in [7, 11) is 4.01. The Morgan fingerprint density at radius 1 is 1.14 bits per heavy atom. The van der Waals surface area contributed by atoms with E-state index in [2.05, 4.69) is 100 Å². The van der Waals surface area contributed by atoms with Crippen LogP contribution in [-0.2, 0) is 6.42 Å². The van der Waals surface area contributed by atoms with E-state index in [0.717, 1.165) is 30.7 Å². The lowest BCUT2D eigenvalue weighted by Crippen LogP contribution is -2.47. The molecule has 156 valence electrons. The van der Waals surface area contributed by atoms with Gasteiger partial charge in [-0.2, -0.15) is 0 Å². The predicted octanol–water partition coefficient (Wildman–Crippen LogP) is 5.34. The average molecular weight is 384 g/mol. The van der Waals surface area contributed by atoms with Crippen LogP contribution in [0.4, 0.5) is 0 Å². The van der Waals surface area contributed by atoms with Crippen LogP contribution in [0.15, 0.2) is 67.7 Å². The van der Waals surface area contributed by atoms with E-state index < -0.39 is 0 Å². The maximum absolute atomic E-state index is 4.45. The Hall–Kier alpha value is -2.16. The first-order chi connectivity index (χ1) is 13.1. The van der Waals surface area contributed by atoms with Crippen molar-refractivity contribution in [3.63, 3.8) is 0 Å². The second-order valence-electron chi connectivity index (χ2n) is 8.82. The van der Waals surface area contributed by atoms with Gasteiger partial charge in [-0.3, -0.25) is 0 Å². The van der Waals surface area contributed by atoms with Crippen LogP contribution in [0.1, 0.15) is 46.1 Å². The number of hydrogen-bond donors (Lipinski definition) is 2. The van der Waals surface area contributed by atoms with Crippen molar-refractivity contribution >= 4 is 0 Å². The van der Waals surface area contributed by atoms with Crippen LogP contribution in [-0.4, -0.2) is 31.1 Å². The number of likely N-dealkylation sites (N-methyl/N-ethyl adjacent to an activating group) is 1. The third-order valence-corrected chi connectivity index (χ3v) is 5.65. The Kier molecular flexibility index (Phi) is 9.37. The number of benzene rings is 1. The third kappa shape index (κ3) is 7.10. The molecule has 0 saturated carbocycles. The second-order valence-corrected chi connectivity index (χ2v) is 8.82. The Morgan fingerprint density at radius 3 is 2.25 bits per heavy atom. The summed E-state index contributed by atoms with van der Waals surface area (Å²) in [6, 6.07) is 11.1. The SMILES string of the molecule is C=CN(C)[C@@H](C)C(CCCc1ccccc1)C(=C)N[C@H](C(=C)NC)C(C)(C)C. The number of nitrogens with zero attached hydrogens (tertiary/aromatic N) is 1. The molecule has 1 aromatic rings. The highest BCUT2D eigenvalue weighted by molar-refractivity contribution is 5.16. The fraction of sp³-hybridized carbons (Fsp3) is 0.520. The quantitative estimate of drug-likeness (QED) is 0.510. The zero-order valence-electron chi connectivity index (χ0n) is 18.9. The second kappa shape index (κ2) is 11.0. The van der Waals surface area contributed by atoms with Crippen LogP contribution < -0.4 is 10.6 Å². The van der Waals surface area contributed by atoms with Gasteiger partial charge in [-0.05, 0) is 43.4 Å². The van der Waals surface area contributed by atoms with Crippen LogP contribution >= 0.6 is 0 Å². The van der Waals surface area contributed by atoms with E-state index in [1.165, 1.54) is 5.56 Å². The zero-order chi connectivity index (χ0) is 21.3. The van der Waals surface area contributed by atoms with Gasteiger partial charge in [-0.1, -0.05) is 70.8 Å². The summed E-state index contributed by atoms with van der Waals surface area (Å²) in [5.41, 5.74) is 3.48. The molecular weight excluding hydrogens is 342 g/mol. The maximum atomic E-state index is 4.45. The molecular formula is C25H41N3. The van der Waals surface area contributed by atoms with Crippen molar-refractivity contribution in [2.24, 2.45) is 11.3 Å². The molecule has 0 bridgehead atoms. The molecule has 0 aromatic heterocycles. The minimum atomic E-state index is 0.0329. The molecule has 0 aliphatic carbocycles. The van der Waals surface area contributed by atoms with Crippen LogP contribution in [0.3, 0.4) is 0 Å². The Labute approximate surface area is 173 Å². The summed E-state index contributed by atoms with van der Waals surface area (Å²) in [5, 5.41) is 6.92. The maximum Gasteiger partial charge on any atom is 0.0698 e. The summed E-state index contributed by atoms with van der Waals surface area (Å²) in [6.07, 6.45) is 5.18. The molecule has 0 amide bonds. The van der Waals surface area contributed by atoms with Gasteiger partial charge in [0.15, 0.2) is 0 Å². The number of hydrogen-bond acceptors (Lipinski definition) is 3. The van der Waals surface area contributed by atoms with Crippen molar-refractivity contribution in [3.8, 4) is 0 Å². The normalized spacial score (nSPS) is 14.5. The fourth-order valence-electron chi connectivity index (χ4n) is 3.59. The van der Waals surface area contributed by atoms with Gasteiger partial charge in [0.05, 0.1) is 6.04 Å². The summed E-state index contributed by atoms with van der Waals surface area (Å²) in [4.78, 5) is 2.18. The molecule has 0 saturated heterocycles. The van der Waals surface area contributed by atoms with E-state index in [1.54, 1.807) is 0 Å². The van der Waals surface area contributed by atoms with E-state index in [0.29, 0.717) is 12.0 Å². The van der Waals surface area contributed by atoms with Gasteiger partial charge in [-0.25, -0.2) is 0 Å². The first-order valence-electron chi connectivity index (χ1n) is 10.3. The van der Waals surface area contributed by atoms with Gasteiger partial charge in [0.25, 0.3) is 0 Å². The molecule has 3 heteroatoms. The van der Waals surface area contributed by atoms with Crippen molar-refractivity contribution in [2.45, 2.75) is 59.0 Å². The molecule has 0 spiro atoms. The van der Waals surface area contributed by atoms with Crippen LogP contribution in [0.5, 0.6) is 0 Å². The van der Waals surface area contributed by atoms with Gasteiger partial charge >= 0.3 is 0 Å². The molecule has 0 fully saturated rings. The lowest BCUT2D eigenvalue weighted by atomic mass is 9.83. The van der Waals surface area contributed by atoms with Gasteiger partial charge in [-0.15, -0.1) is 0 Å². The standard InChI is InChI=1S/C25H41N3/c1-10-28(9)21(4)23(18-14-17-22-15-12-11-13-16-22)19(2)27-24(20(3)26-8)25(5,6)7/h10-13,15-16,21,23-24,26-27H,1-3,14,17-18H2,4-9H3/t21-,23?,24+/m0/s1. The lowest BCUT2D eigenvalue weighted by Gasteiger charge is -2.39. The highest BCUT2D eigenvalue weighted by Crippen LogP contribution is 2.28. The van der Waals surface area contributed by atoms with Crippen molar-refractivity contribution in [2.75, 3.05) is 14.1 Å². The first kappa shape index (κ1) is 23.9. The summed E-state index contributed by atoms with van der Waals surface area (Å²) in [6.45, 7) is 21.5. The largest absolute Gasteiger partial charge is 0.390 e. The molecule has 2 N–H and O–H groups in total. The minimum absolute atomic E-state index is 0.0329. The fourth-order valence-corrected chi connectivity index (χ4v) is 3.59. The summed E-state index contributed by atoms with van der Waals surface area (Å²) < 4.78 is 0. The van der Waals surface area contributed by atoms with E-state index >= 15 is 0 Å². The number of nitrogens with one attached hydrogen (secondary N) is 2. The van der Waals surface area contributed by atoms with Crippen LogP contribution in [0.2, 0.25) is 0 Å². The molecule has 3 nitrogen and oxygen atoms in total. The topological polar surface area (TPSA) is 27.3 Å². The van der Waals surface area contributed by atoms with Crippen molar-refractivity contribution in [1.29, 1.82) is 0 Å². The predicted molar refractivity (Wildman–Crippen MR) is 124 cm³/mol. The van der Waals surface area contributed by atoms with Gasteiger partial charge in [0.1, 0.15) is 0 Å². The molecule has 0 aliphatic rings. The highest BCUT2D eigenvalue weighted by Gasteiger charge is 2.30. The van der Waals surface area contributed by atoms with Crippen LogP contribution in [0, 0.1) is 11.3 Å². The summed E-state index contributed by atoms with van der Waals surface area (Å²) >= 11 is 0. The Bertz CT molecular complexity index is 627. The highest BCUT2D eigenvalue weighted by atomic mass is 15.1. The molecule has 3 atom stereocenters. The molecule has 0 radical (unpaired) electrons. The molecule has 1 rings (SSSR count). The Balaban J connectivity index is 2.91. The molecule has 1 aromatic carbocycles. The third-order valence-electron chi connectivity index (χ3n) is 5.65. The van der Waals surface area contributed by atoms with Crippen molar-refractivity contribution in [1.82, 2.24) is 15.5 Å². The van der Waals surface area contributed by atoms with E-state index in [-0.39, 0.29) is 11.5 Å². The molecule has 0 heterocycles. The van der Waals surface area contributed by atoms with Gasteiger partial charge in [0, 0.05) is 37.4 Å². The smallest absolute Gasteiger partial charge is 0.0698 e. The molecule has 1 unspecified atom stereocenters. The lowest BCUT2D eigenvalue weighted by molar-refractivity contribution is 0.240. The number of rotatable bonds is 12. The zero-order valence-corrected chi connectivity index (χ0v) is 18.9. The monoisotopic (exact) mass is 383 g/mol.